The maximum atomic E-state index is 12.4. The van der Waals surface area contributed by atoms with Crippen LogP contribution in [0.25, 0.3) is 11.4 Å². The lowest BCUT2D eigenvalue weighted by atomic mass is 9.97. The van der Waals surface area contributed by atoms with Gasteiger partial charge in [0.15, 0.2) is 0 Å². The topological polar surface area (TPSA) is 72.7 Å². The molecule has 1 heterocycles. The Morgan fingerprint density at radius 3 is 2.81 bits per heavy atom. The second-order valence-corrected chi connectivity index (χ2v) is 6.53. The zero-order valence-electron chi connectivity index (χ0n) is 14.7. The van der Waals surface area contributed by atoms with Crippen molar-refractivity contribution in [2.24, 2.45) is 0 Å². The van der Waals surface area contributed by atoms with Crippen molar-refractivity contribution in [3.05, 3.63) is 59.1 Å². The van der Waals surface area contributed by atoms with Crippen molar-refractivity contribution in [1.82, 2.24) is 20.2 Å². The molecule has 0 aliphatic carbocycles. The van der Waals surface area contributed by atoms with Crippen LogP contribution in [0.5, 0.6) is 0 Å². The maximum Gasteiger partial charge on any atom is 0.248 e. The summed E-state index contributed by atoms with van der Waals surface area (Å²) in [5, 5.41) is 15.7. The van der Waals surface area contributed by atoms with E-state index in [2.05, 4.69) is 34.6 Å². The number of hydrogen-bond donors (Lipinski definition) is 1. The van der Waals surface area contributed by atoms with Crippen LogP contribution < -0.4 is 5.32 Å². The van der Waals surface area contributed by atoms with E-state index in [0.29, 0.717) is 16.8 Å². The third-order valence-electron chi connectivity index (χ3n) is 4.20. The first-order valence-corrected chi connectivity index (χ1v) is 8.87. The smallest absolute Gasteiger partial charge is 0.248 e. The minimum atomic E-state index is -0.198. The minimum absolute atomic E-state index is 0.0115. The molecule has 3 aromatic rings. The number of tetrazole rings is 1. The third kappa shape index (κ3) is 4.26. The highest BCUT2D eigenvalue weighted by Crippen LogP contribution is 2.26. The quantitative estimate of drug-likeness (QED) is 0.708. The zero-order chi connectivity index (χ0) is 18.5. The van der Waals surface area contributed by atoms with Gasteiger partial charge in [0, 0.05) is 16.3 Å². The fourth-order valence-electron chi connectivity index (χ4n) is 2.63. The first-order valence-electron chi connectivity index (χ1n) is 8.49. The molecule has 0 spiro atoms. The number of hydrogen-bond acceptors (Lipinski definition) is 4. The number of nitrogens with zero attached hydrogens (tertiary/aromatic N) is 4. The van der Waals surface area contributed by atoms with E-state index in [1.807, 2.05) is 36.4 Å². The van der Waals surface area contributed by atoms with Crippen molar-refractivity contribution in [2.75, 3.05) is 5.32 Å². The van der Waals surface area contributed by atoms with Gasteiger partial charge in [-0.15, -0.1) is 10.2 Å². The average Bonchev–Trinajstić information content (AvgIpc) is 3.10. The summed E-state index contributed by atoms with van der Waals surface area (Å²) in [5.41, 5.74) is 2.70. The molecule has 7 heteroatoms. The standard InChI is InChI=1S/C19H20ClN5O/c1-3-13(2)16-9-4-5-10-17(16)21-18(26)12-25-23-19(22-24-25)14-7-6-8-15(20)11-14/h4-11,13H,3,12H2,1-2H3,(H,21,26)/t13-/m0/s1. The molecule has 1 N–H and O–H groups in total. The third-order valence-corrected chi connectivity index (χ3v) is 4.43. The Bertz CT molecular complexity index is 908. The predicted octanol–water partition coefficient (Wildman–Crippen LogP) is 4.15. The van der Waals surface area contributed by atoms with Crippen LogP contribution in [-0.2, 0) is 11.3 Å². The average molecular weight is 370 g/mol. The SMILES string of the molecule is CC[C@H](C)c1ccccc1NC(=O)Cn1nnc(-c2cccc(Cl)c2)n1. The number of benzene rings is 2. The van der Waals surface area contributed by atoms with Crippen molar-refractivity contribution >= 4 is 23.2 Å². The van der Waals surface area contributed by atoms with Gasteiger partial charge >= 0.3 is 0 Å². The van der Waals surface area contributed by atoms with Crippen LogP contribution in [-0.4, -0.2) is 26.1 Å². The molecule has 0 unspecified atom stereocenters. The minimum Gasteiger partial charge on any atom is -0.324 e. The number of nitrogens with one attached hydrogen (secondary N) is 1. The molecule has 0 aliphatic rings. The van der Waals surface area contributed by atoms with Crippen molar-refractivity contribution in [3.63, 3.8) is 0 Å². The monoisotopic (exact) mass is 369 g/mol. The molecule has 3 rings (SSSR count). The van der Waals surface area contributed by atoms with E-state index < -0.39 is 0 Å². The van der Waals surface area contributed by atoms with Crippen LogP contribution in [0.3, 0.4) is 0 Å². The van der Waals surface area contributed by atoms with Crippen LogP contribution in [0.2, 0.25) is 5.02 Å². The zero-order valence-corrected chi connectivity index (χ0v) is 15.4. The van der Waals surface area contributed by atoms with Crippen LogP contribution in [0.15, 0.2) is 48.5 Å². The Morgan fingerprint density at radius 1 is 1.23 bits per heavy atom. The molecule has 2 aromatic carbocycles. The lowest BCUT2D eigenvalue weighted by Crippen LogP contribution is -2.21. The Morgan fingerprint density at radius 2 is 2.04 bits per heavy atom. The van der Waals surface area contributed by atoms with E-state index in [-0.39, 0.29) is 12.5 Å². The van der Waals surface area contributed by atoms with Crippen LogP contribution in [0, 0.1) is 0 Å². The second-order valence-electron chi connectivity index (χ2n) is 6.10. The first-order chi connectivity index (χ1) is 12.6. The number of carbonyl (C=O) groups excluding carboxylic acids is 1. The van der Waals surface area contributed by atoms with Crippen LogP contribution in [0.4, 0.5) is 5.69 Å². The summed E-state index contributed by atoms with van der Waals surface area (Å²) in [5.74, 6) is 0.599. The van der Waals surface area contributed by atoms with Crippen molar-refractivity contribution in [3.8, 4) is 11.4 Å². The summed E-state index contributed by atoms with van der Waals surface area (Å²) in [4.78, 5) is 13.7. The normalized spacial score (nSPS) is 12.0. The Labute approximate surface area is 157 Å². The van der Waals surface area contributed by atoms with Gasteiger partial charge in [-0.3, -0.25) is 4.79 Å². The van der Waals surface area contributed by atoms with E-state index in [4.69, 9.17) is 11.6 Å². The van der Waals surface area contributed by atoms with E-state index >= 15 is 0 Å². The molecular weight excluding hydrogens is 350 g/mol. The fourth-order valence-corrected chi connectivity index (χ4v) is 2.82. The molecule has 0 fully saturated rings. The molecule has 0 aliphatic heterocycles. The molecule has 0 bridgehead atoms. The van der Waals surface area contributed by atoms with E-state index in [0.717, 1.165) is 23.2 Å². The molecule has 6 nitrogen and oxygen atoms in total. The summed E-state index contributed by atoms with van der Waals surface area (Å²) < 4.78 is 0. The maximum absolute atomic E-state index is 12.4. The van der Waals surface area contributed by atoms with Crippen LogP contribution in [0.1, 0.15) is 31.7 Å². The van der Waals surface area contributed by atoms with Gasteiger partial charge in [0.25, 0.3) is 0 Å². The second kappa shape index (κ2) is 8.10. The molecule has 0 saturated carbocycles. The van der Waals surface area contributed by atoms with E-state index in [9.17, 15) is 4.79 Å². The summed E-state index contributed by atoms with van der Waals surface area (Å²) in [6, 6.07) is 15.0. The van der Waals surface area contributed by atoms with Crippen molar-refractivity contribution in [2.45, 2.75) is 32.7 Å². The molecule has 1 atom stereocenters. The number of anilines is 1. The largest absolute Gasteiger partial charge is 0.324 e. The predicted molar refractivity (Wildman–Crippen MR) is 102 cm³/mol. The van der Waals surface area contributed by atoms with Gasteiger partial charge in [-0.05, 0) is 41.3 Å². The molecule has 134 valence electrons. The Balaban J connectivity index is 1.70. The molecule has 1 amide bonds. The van der Waals surface area contributed by atoms with Gasteiger partial charge < -0.3 is 5.32 Å². The molecule has 0 radical (unpaired) electrons. The van der Waals surface area contributed by atoms with Gasteiger partial charge in [-0.2, -0.15) is 4.80 Å². The fraction of sp³-hybridized carbons (Fsp3) is 0.263. The highest BCUT2D eigenvalue weighted by Gasteiger charge is 2.13. The van der Waals surface area contributed by atoms with Gasteiger partial charge in [-0.1, -0.05) is 55.8 Å². The highest BCUT2D eigenvalue weighted by molar-refractivity contribution is 6.30. The van der Waals surface area contributed by atoms with Gasteiger partial charge in [0.2, 0.25) is 11.7 Å². The number of amides is 1. The van der Waals surface area contributed by atoms with Gasteiger partial charge in [0.1, 0.15) is 6.54 Å². The van der Waals surface area contributed by atoms with Crippen molar-refractivity contribution < 1.29 is 4.79 Å². The summed E-state index contributed by atoms with van der Waals surface area (Å²) in [6.07, 6.45) is 1.00. The number of halogens is 1. The lowest BCUT2D eigenvalue weighted by molar-refractivity contribution is -0.117. The summed E-state index contributed by atoms with van der Waals surface area (Å²) in [6.45, 7) is 4.25. The van der Waals surface area contributed by atoms with Gasteiger partial charge in [-0.25, -0.2) is 0 Å². The summed E-state index contributed by atoms with van der Waals surface area (Å²) >= 11 is 5.98. The summed E-state index contributed by atoms with van der Waals surface area (Å²) in [7, 11) is 0. The molecule has 26 heavy (non-hydrogen) atoms. The highest BCUT2D eigenvalue weighted by atomic mass is 35.5. The number of para-hydroxylation sites is 1. The van der Waals surface area contributed by atoms with Crippen LogP contribution >= 0.6 is 11.6 Å². The molecular formula is C19H20ClN5O. The Hall–Kier alpha value is -2.73. The van der Waals surface area contributed by atoms with Gasteiger partial charge in [0.05, 0.1) is 0 Å². The molecule has 1 aromatic heterocycles. The van der Waals surface area contributed by atoms with Crippen molar-refractivity contribution in [1.29, 1.82) is 0 Å². The van der Waals surface area contributed by atoms with E-state index in [1.54, 1.807) is 12.1 Å². The lowest BCUT2D eigenvalue weighted by Gasteiger charge is -2.15. The van der Waals surface area contributed by atoms with E-state index in [1.165, 1.54) is 4.80 Å². The number of carbonyl (C=O) groups is 1. The first kappa shape index (κ1) is 18.1. The Kier molecular flexibility index (Phi) is 5.63. The number of aromatic nitrogens is 4. The number of rotatable bonds is 6. The molecule has 0 saturated heterocycles.